The van der Waals surface area contributed by atoms with Crippen molar-refractivity contribution in [3.05, 3.63) is 54.7 Å². The topological polar surface area (TPSA) is 84.4 Å². The summed E-state index contributed by atoms with van der Waals surface area (Å²) in [5.41, 5.74) is 0.328. The fourth-order valence-electron chi connectivity index (χ4n) is 3.43. The molecule has 0 spiro atoms. The molecule has 1 unspecified atom stereocenters. The normalized spacial score (nSPS) is 17.1. The highest BCUT2D eigenvalue weighted by molar-refractivity contribution is 5.97. The van der Waals surface area contributed by atoms with Crippen molar-refractivity contribution in [1.29, 1.82) is 0 Å². The highest BCUT2D eigenvalue weighted by Crippen LogP contribution is 2.27. The minimum absolute atomic E-state index is 0.0662. The van der Waals surface area contributed by atoms with Gasteiger partial charge in [-0.1, -0.05) is 38.6 Å². The average Bonchev–Trinajstić information content (AvgIpc) is 3.08. The van der Waals surface area contributed by atoms with Gasteiger partial charge in [0.2, 0.25) is 11.8 Å². The highest BCUT2D eigenvalue weighted by Gasteiger charge is 2.39. The lowest BCUT2D eigenvalue weighted by atomic mass is 10.0. The molecule has 3 rings (SSSR count). The molecule has 0 bridgehead atoms. The number of carbonyl (C=O) groups excluding carboxylic acids is 2. The van der Waals surface area contributed by atoms with Crippen LogP contribution >= 0.6 is 0 Å². The van der Waals surface area contributed by atoms with Crippen LogP contribution in [0.1, 0.15) is 32.3 Å². The first-order valence-corrected chi connectivity index (χ1v) is 9.83. The van der Waals surface area contributed by atoms with E-state index in [1.165, 1.54) is 35.6 Å². The summed E-state index contributed by atoms with van der Waals surface area (Å²) in [6, 6.07) is 4.09. The number of benzene rings is 1. The molecule has 158 valence electrons. The van der Waals surface area contributed by atoms with Crippen LogP contribution in [0.5, 0.6) is 5.75 Å². The van der Waals surface area contributed by atoms with Crippen molar-refractivity contribution in [3.8, 4) is 5.75 Å². The van der Waals surface area contributed by atoms with Crippen molar-refractivity contribution in [1.82, 2.24) is 14.9 Å². The van der Waals surface area contributed by atoms with Crippen molar-refractivity contribution in [2.75, 3.05) is 11.9 Å². The molecule has 1 aromatic heterocycles. The summed E-state index contributed by atoms with van der Waals surface area (Å²) in [5, 5.41) is 2.72. The number of nitrogens with one attached hydrogen (secondary N) is 1. The molecule has 1 aromatic carbocycles. The van der Waals surface area contributed by atoms with Gasteiger partial charge in [-0.3, -0.25) is 14.6 Å². The second-order valence-corrected chi connectivity index (χ2v) is 7.58. The molecular weight excluding hydrogens is 387 g/mol. The van der Waals surface area contributed by atoms with Gasteiger partial charge < -0.3 is 15.0 Å². The molecule has 1 saturated heterocycles. The van der Waals surface area contributed by atoms with E-state index >= 15 is 0 Å². The number of rotatable bonds is 8. The largest absolute Gasteiger partial charge is 0.485 e. The predicted molar refractivity (Wildman–Crippen MR) is 111 cm³/mol. The maximum Gasteiger partial charge on any atom is 0.248 e. The maximum atomic E-state index is 14.4. The maximum absolute atomic E-state index is 14.4. The van der Waals surface area contributed by atoms with Crippen LogP contribution in [0, 0.1) is 11.7 Å². The molecule has 1 aliphatic rings. The van der Waals surface area contributed by atoms with Crippen LogP contribution in [0.2, 0.25) is 0 Å². The molecule has 0 radical (unpaired) electrons. The molecule has 1 N–H and O–H groups in total. The van der Waals surface area contributed by atoms with Crippen molar-refractivity contribution >= 4 is 23.7 Å². The van der Waals surface area contributed by atoms with Crippen LogP contribution in [0.4, 0.5) is 10.2 Å². The third-order valence-corrected chi connectivity index (χ3v) is 4.82. The average molecular weight is 412 g/mol. The number of hydrogen-bond acceptors (Lipinski definition) is 5. The molecule has 2 aromatic rings. The SMILES string of the molecule is C=Cc1cccc(OC2CC(=O)N([C@@H](CC(C)C)C(=O)Nc3cnccn3)C2)c1F. The van der Waals surface area contributed by atoms with E-state index in [9.17, 15) is 14.0 Å². The number of nitrogens with zero attached hydrogens (tertiary/aromatic N) is 3. The number of ether oxygens (including phenoxy) is 1. The fourth-order valence-corrected chi connectivity index (χ4v) is 3.43. The summed E-state index contributed by atoms with van der Waals surface area (Å²) in [4.78, 5) is 35.1. The minimum Gasteiger partial charge on any atom is -0.485 e. The number of carbonyl (C=O) groups is 2. The lowest BCUT2D eigenvalue weighted by molar-refractivity contribution is -0.135. The van der Waals surface area contributed by atoms with Crippen molar-refractivity contribution in [2.24, 2.45) is 5.92 Å². The Labute approximate surface area is 175 Å². The molecule has 2 amide bonds. The van der Waals surface area contributed by atoms with Crippen LogP contribution in [-0.2, 0) is 9.59 Å². The zero-order valence-corrected chi connectivity index (χ0v) is 17.0. The van der Waals surface area contributed by atoms with E-state index < -0.39 is 18.0 Å². The van der Waals surface area contributed by atoms with Gasteiger partial charge in [-0.15, -0.1) is 0 Å². The quantitative estimate of drug-likeness (QED) is 0.719. The minimum atomic E-state index is -0.683. The third-order valence-electron chi connectivity index (χ3n) is 4.82. The second kappa shape index (κ2) is 9.47. The Hall–Kier alpha value is -3.29. The summed E-state index contributed by atoms with van der Waals surface area (Å²) in [5.74, 6) is -0.497. The first-order chi connectivity index (χ1) is 14.4. The summed E-state index contributed by atoms with van der Waals surface area (Å²) >= 11 is 0. The van der Waals surface area contributed by atoms with Crippen LogP contribution in [-0.4, -0.2) is 45.4 Å². The van der Waals surface area contributed by atoms with E-state index in [4.69, 9.17) is 4.74 Å². The first kappa shape index (κ1) is 21.4. The van der Waals surface area contributed by atoms with Gasteiger partial charge in [-0.05, 0) is 18.4 Å². The number of likely N-dealkylation sites (tertiary alicyclic amines) is 1. The lowest BCUT2D eigenvalue weighted by Crippen LogP contribution is -2.46. The predicted octanol–water partition coefficient (Wildman–Crippen LogP) is 3.29. The van der Waals surface area contributed by atoms with Crippen LogP contribution in [0.3, 0.4) is 0 Å². The number of hydrogen-bond donors (Lipinski definition) is 1. The van der Waals surface area contributed by atoms with Gasteiger partial charge in [-0.2, -0.15) is 0 Å². The summed E-state index contributed by atoms with van der Waals surface area (Å²) in [6.45, 7) is 7.74. The van der Waals surface area contributed by atoms with Crippen molar-refractivity contribution in [2.45, 2.75) is 38.8 Å². The van der Waals surface area contributed by atoms with Gasteiger partial charge in [0.15, 0.2) is 17.4 Å². The number of anilines is 1. The monoisotopic (exact) mass is 412 g/mol. The molecule has 2 atom stereocenters. The van der Waals surface area contributed by atoms with Gasteiger partial charge in [0.05, 0.1) is 19.2 Å². The van der Waals surface area contributed by atoms with Crippen molar-refractivity contribution < 1.29 is 18.7 Å². The first-order valence-electron chi connectivity index (χ1n) is 9.83. The van der Waals surface area contributed by atoms with Gasteiger partial charge >= 0.3 is 0 Å². The zero-order chi connectivity index (χ0) is 21.7. The van der Waals surface area contributed by atoms with E-state index in [1.54, 1.807) is 12.1 Å². The number of amides is 2. The summed E-state index contributed by atoms with van der Waals surface area (Å²) < 4.78 is 20.2. The standard InChI is InChI=1S/C22H25FN4O3/c1-4-15-6-5-7-18(21(15)23)30-16-11-20(28)27(13-16)17(10-14(2)3)22(29)26-19-12-24-8-9-25-19/h4-9,12,14,16-17H,1,10-11,13H2,2-3H3,(H,25,26,29)/t16?,17-/m0/s1. The van der Waals surface area contributed by atoms with E-state index in [0.717, 1.165) is 0 Å². The fraction of sp³-hybridized carbons (Fsp3) is 0.364. The van der Waals surface area contributed by atoms with E-state index in [2.05, 4.69) is 21.9 Å². The molecule has 2 heterocycles. The Morgan fingerprint density at radius 2 is 2.23 bits per heavy atom. The Morgan fingerprint density at radius 3 is 2.90 bits per heavy atom. The zero-order valence-electron chi connectivity index (χ0n) is 17.0. The molecule has 1 fully saturated rings. The van der Waals surface area contributed by atoms with E-state index in [1.807, 2.05) is 13.8 Å². The molecule has 8 heteroatoms. The molecule has 30 heavy (non-hydrogen) atoms. The Kier molecular flexibility index (Phi) is 6.76. The Bertz CT molecular complexity index is 920. The van der Waals surface area contributed by atoms with Crippen LogP contribution in [0.25, 0.3) is 6.08 Å². The Morgan fingerprint density at radius 1 is 1.43 bits per heavy atom. The molecule has 0 aliphatic carbocycles. The van der Waals surface area contributed by atoms with Crippen molar-refractivity contribution in [3.63, 3.8) is 0 Å². The van der Waals surface area contributed by atoms with Gasteiger partial charge in [0.1, 0.15) is 12.1 Å². The summed E-state index contributed by atoms with van der Waals surface area (Å²) in [7, 11) is 0. The van der Waals surface area contributed by atoms with E-state index in [-0.39, 0.29) is 36.4 Å². The molecular formula is C22H25FN4O3. The molecule has 0 saturated carbocycles. The lowest BCUT2D eigenvalue weighted by Gasteiger charge is -2.28. The van der Waals surface area contributed by atoms with Crippen LogP contribution in [0.15, 0.2) is 43.4 Å². The Balaban J connectivity index is 1.74. The smallest absolute Gasteiger partial charge is 0.248 e. The number of halogens is 1. The third kappa shape index (κ3) is 5.00. The van der Waals surface area contributed by atoms with Gasteiger partial charge in [0.25, 0.3) is 0 Å². The van der Waals surface area contributed by atoms with Gasteiger partial charge in [-0.25, -0.2) is 9.37 Å². The second-order valence-electron chi connectivity index (χ2n) is 7.58. The molecule has 1 aliphatic heterocycles. The van der Waals surface area contributed by atoms with E-state index in [0.29, 0.717) is 17.8 Å². The molecule has 7 nitrogen and oxygen atoms in total. The number of aromatic nitrogens is 2. The highest BCUT2D eigenvalue weighted by atomic mass is 19.1. The summed E-state index contributed by atoms with van der Waals surface area (Å²) in [6.07, 6.45) is 5.83. The van der Waals surface area contributed by atoms with Gasteiger partial charge in [0, 0.05) is 18.0 Å². The van der Waals surface area contributed by atoms with Crippen LogP contribution < -0.4 is 10.1 Å².